The van der Waals surface area contributed by atoms with Crippen LogP contribution in [0.2, 0.25) is 0 Å². The van der Waals surface area contributed by atoms with Gasteiger partial charge in [0.05, 0.1) is 12.2 Å². The maximum atomic E-state index is 12.9. The third kappa shape index (κ3) is 3.69. The molecular formula is C18H25N2O2P. The molecule has 2 aromatic rings. The molecule has 0 unspecified atom stereocenters. The van der Waals surface area contributed by atoms with Crippen LogP contribution in [0.5, 0.6) is 0 Å². The van der Waals surface area contributed by atoms with Gasteiger partial charge in [0.2, 0.25) is 0 Å². The second-order valence-corrected chi connectivity index (χ2v) is 10.5. The minimum Gasteiger partial charge on any atom is -0.448 e. The van der Waals surface area contributed by atoms with Crippen LogP contribution in [0.25, 0.3) is 0 Å². The first kappa shape index (κ1) is 16.3. The van der Waals surface area contributed by atoms with Gasteiger partial charge in [0.25, 0.3) is 0 Å². The highest BCUT2D eigenvalue weighted by Gasteiger charge is 2.28. The number of nitrogens with zero attached hydrogens (tertiary/aromatic N) is 1. The summed E-state index contributed by atoms with van der Waals surface area (Å²) in [6, 6.07) is 8.04. The second kappa shape index (κ2) is 6.16. The van der Waals surface area contributed by atoms with Gasteiger partial charge in [0, 0.05) is 28.7 Å². The van der Waals surface area contributed by atoms with Crippen LogP contribution in [-0.2, 0) is 16.5 Å². The van der Waals surface area contributed by atoms with Crippen molar-refractivity contribution in [2.75, 3.05) is 17.6 Å². The third-order valence-electron chi connectivity index (χ3n) is 4.27. The maximum Gasteiger partial charge on any atom is 0.199 e. The first-order chi connectivity index (χ1) is 10.9. The first-order valence-corrected chi connectivity index (χ1v) is 10.3. The molecule has 0 radical (unpaired) electrons. The topological polar surface area (TPSA) is 55.1 Å². The monoisotopic (exact) mass is 332 g/mol. The molecule has 0 spiro atoms. The lowest BCUT2D eigenvalue weighted by Crippen LogP contribution is -2.12. The van der Waals surface area contributed by atoms with Crippen LogP contribution in [0.4, 0.5) is 5.69 Å². The molecule has 3 rings (SSSR count). The fourth-order valence-corrected chi connectivity index (χ4v) is 5.84. The molecule has 1 N–H and O–H groups in total. The van der Waals surface area contributed by atoms with Crippen LogP contribution in [0, 0.1) is 0 Å². The van der Waals surface area contributed by atoms with Gasteiger partial charge in [-0.1, -0.05) is 32.9 Å². The third-order valence-corrected chi connectivity index (χ3v) is 7.57. The molecule has 1 aliphatic rings. The minimum absolute atomic E-state index is 0.0833. The molecule has 23 heavy (non-hydrogen) atoms. The molecule has 0 aliphatic carbocycles. The van der Waals surface area contributed by atoms with E-state index >= 15 is 0 Å². The molecule has 0 bridgehead atoms. The van der Waals surface area contributed by atoms with Crippen molar-refractivity contribution in [3.63, 3.8) is 0 Å². The van der Waals surface area contributed by atoms with Crippen molar-refractivity contribution >= 4 is 18.1 Å². The van der Waals surface area contributed by atoms with E-state index in [9.17, 15) is 4.57 Å². The predicted octanol–water partition coefficient (Wildman–Crippen LogP) is 4.37. The van der Waals surface area contributed by atoms with Crippen molar-refractivity contribution in [3.05, 3.63) is 42.1 Å². The minimum atomic E-state index is -2.14. The van der Waals surface area contributed by atoms with E-state index in [-0.39, 0.29) is 5.41 Å². The largest absolute Gasteiger partial charge is 0.448 e. The van der Waals surface area contributed by atoms with E-state index in [4.69, 9.17) is 4.42 Å². The first-order valence-electron chi connectivity index (χ1n) is 8.24. The maximum absolute atomic E-state index is 12.9. The molecule has 0 saturated carbocycles. The number of hydrogen-bond acceptors (Lipinski definition) is 4. The molecule has 124 valence electrons. The van der Waals surface area contributed by atoms with E-state index in [1.807, 2.05) is 24.3 Å². The van der Waals surface area contributed by atoms with E-state index in [0.717, 1.165) is 47.7 Å². The second-order valence-electron chi connectivity index (χ2n) is 7.34. The van der Waals surface area contributed by atoms with Crippen molar-refractivity contribution in [1.29, 1.82) is 0 Å². The summed E-state index contributed by atoms with van der Waals surface area (Å²) in [5, 5.41) is 4.37. The molecule has 0 atom stereocenters. The molecule has 4 nitrogen and oxygen atoms in total. The fourth-order valence-electron chi connectivity index (χ4n) is 2.90. The zero-order valence-electron chi connectivity index (χ0n) is 14.1. The Labute approximate surface area is 138 Å². The van der Waals surface area contributed by atoms with Gasteiger partial charge in [-0.15, -0.1) is 0 Å². The van der Waals surface area contributed by atoms with Gasteiger partial charge in [-0.2, -0.15) is 0 Å². The summed E-state index contributed by atoms with van der Waals surface area (Å²) in [4.78, 5) is 4.53. The van der Waals surface area contributed by atoms with Crippen LogP contribution in [-0.4, -0.2) is 17.3 Å². The van der Waals surface area contributed by atoms with Gasteiger partial charge in [-0.25, -0.2) is 4.98 Å². The summed E-state index contributed by atoms with van der Waals surface area (Å²) in [5.74, 6) is 0.749. The average Bonchev–Trinajstić information content (AvgIpc) is 3.15. The normalized spacial score (nSPS) is 17.3. The van der Waals surface area contributed by atoms with Gasteiger partial charge >= 0.3 is 0 Å². The predicted molar refractivity (Wildman–Crippen MR) is 95.2 cm³/mol. The Morgan fingerprint density at radius 3 is 2.65 bits per heavy atom. The Kier molecular flexibility index (Phi) is 4.37. The lowest BCUT2D eigenvalue weighted by atomic mass is 9.97. The highest BCUT2D eigenvalue weighted by molar-refractivity contribution is 7.71. The Morgan fingerprint density at radius 1 is 1.26 bits per heavy atom. The Morgan fingerprint density at radius 2 is 2.00 bits per heavy atom. The number of benzene rings is 1. The van der Waals surface area contributed by atoms with Gasteiger partial charge in [0.1, 0.15) is 13.4 Å². The molecule has 1 aliphatic heterocycles. The number of oxazole rings is 1. The number of nitrogens with one attached hydrogen (secondary N) is 1. The Bertz CT molecular complexity index is 721. The zero-order chi connectivity index (χ0) is 16.5. The fraction of sp³-hybridized carbons (Fsp3) is 0.500. The van der Waals surface area contributed by atoms with E-state index in [2.05, 4.69) is 31.1 Å². The number of aromatic nitrogens is 1. The Hall–Kier alpha value is -1.54. The van der Waals surface area contributed by atoms with Crippen molar-refractivity contribution in [1.82, 2.24) is 4.98 Å². The number of anilines is 1. The van der Waals surface area contributed by atoms with Gasteiger partial charge in [-0.05, 0) is 25.0 Å². The summed E-state index contributed by atoms with van der Waals surface area (Å²) in [7, 11) is -2.14. The molecular weight excluding hydrogens is 307 g/mol. The summed E-state index contributed by atoms with van der Waals surface area (Å²) in [6.07, 6.45) is 5.59. The van der Waals surface area contributed by atoms with E-state index < -0.39 is 7.14 Å². The van der Waals surface area contributed by atoms with Crippen molar-refractivity contribution in [3.8, 4) is 0 Å². The van der Waals surface area contributed by atoms with Crippen molar-refractivity contribution in [2.45, 2.75) is 45.6 Å². The molecule has 1 aromatic carbocycles. The number of rotatable bonds is 4. The quantitative estimate of drug-likeness (QED) is 0.845. The van der Waals surface area contributed by atoms with Crippen molar-refractivity contribution in [2.24, 2.45) is 0 Å². The summed E-state index contributed by atoms with van der Waals surface area (Å²) >= 11 is 0. The van der Waals surface area contributed by atoms with Gasteiger partial charge in [-0.3, -0.25) is 0 Å². The molecule has 0 amide bonds. The lowest BCUT2D eigenvalue weighted by molar-refractivity contribution is 0.392. The summed E-state index contributed by atoms with van der Waals surface area (Å²) in [5.41, 5.74) is 1.79. The lowest BCUT2D eigenvalue weighted by Gasteiger charge is -2.13. The molecule has 1 fully saturated rings. The van der Waals surface area contributed by atoms with Gasteiger partial charge < -0.3 is 14.3 Å². The highest BCUT2D eigenvalue weighted by Crippen LogP contribution is 2.51. The Balaban J connectivity index is 1.69. The molecule has 1 saturated heterocycles. The smallest absolute Gasteiger partial charge is 0.199 e. The van der Waals surface area contributed by atoms with E-state index in [1.54, 1.807) is 6.26 Å². The molecule has 5 heteroatoms. The van der Waals surface area contributed by atoms with E-state index in [0.29, 0.717) is 6.54 Å². The number of hydrogen-bond donors (Lipinski definition) is 1. The van der Waals surface area contributed by atoms with Crippen LogP contribution in [0.15, 0.2) is 34.9 Å². The molecule has 2 heterocycles. The van der Waals surface area contributed by atoms with E-state index in [1.165, 1.54) is 0 Å². The summed E-state index contributed by atoms with van der Waals surface area (Å²) in [6.45, 7) is 6.85. The van der Waals surface area contributed by atoms with Crippen LogP contribution in [0.3, 0.4) is 0 Å². The highest BCUT2D eigenvalue weighted by atomic mass is 31.2. The van der Waals surface area contributed by atoms with Crippen LogP contribution in [0.1, 0.15) is 45.2 Å². The molecule has 1 aromatic heterocycles. The van der Waals surface area contributed by atoms with Crippen LogP contribution >= 0.6 is 7.14 Å². The van der Waals surface area contributed by atoms with Gasteiger partial charge in [0.15, 0.2) is 5.89 Å². The van der Waals surface area contributed by atoms with Crippen LogP contribution < -0.4 is 10.6 Å². The standard InChI is InChI=1S/C18H25N2O2P/c1-18(2,3)17-20-15(13-22-17)12-19-14-7-6-8-16(11-14)23(21)9-4-5-10-23/h6-8,11,13,19H,4-5,9-10,12H2,1-3H3. The zero-order valence-corrected chi connectivity index (χ0v) is 15.0. The SMILES string of the molecule is CC(C)(C)c1nc(CNc2cccc(P3(=O)CCCC3)c2)co1. The van der Waals surface area contributed by atoms with Crippen molar-refractivity contribution < 1.29 is 8.98 Å². The average molecular weight is 332 g/mol. The summed E-state index contributed by atoms with van der Waals surface area (Å²) < 4.78 is 18.4.